The van der Waals surface area contributed by atoms with Crippen LogP contribution >= 0.6 is 11.3 Å². The van der Waals surface area contributed by atoms with Gasteiger partial charge in [-0.1, -0.05) is 6.07 Å². The van der Waals surface area contributed by atoms with Gasteiger partial charge in [0, 0.05) is 18.6 Å². The van der Waals surface area contributed by atoms with Crippen molar-refractivity contribution >= 4 is 33.8 Å². The Balaban J connectivity index is 2.28. The summed E-state index contributed by atoms with van der Waals surface area (Å²) in [6.07, 6.45) is 1.64. The number of thiazole rings is 1. The van der Waals surface area contributed by atoms with Crippen molar-refractivity contribution in [2.75, 3.05) is 23.4 Å². The maximum Gasteiger partial charge on any atom is 0.259 e. The molecule has 1 aromatic heterocycles. The molecule has 0 aliphatic heterocycles. The number of benzene rings is 1. The predicted octanol–water partition coefficient (Wildman–Crippen LogP) is 2.02. The van der Waals surface area contributed by atoms with Gasteiger partial charge in [0.15, 0.2) is 5.13 Å². The van der Waals surface area contributed by atoms with E-state index >= 15 is 0 Å². The highest BCUT2D eigenvalue weighted by Crippen LogP contribution is 2.24. The molecule has 0 radical (unpaired) electrons. The standard InChI is InChI=1S/C11H12N4OS/c1-13-9-7(3-2-4-8(9)12)10(16)15-11-14-5-6-17-11/h2-6,13H,12H2,1H3,(H,14,15,16). The van der Waals surface area contributed by atoms with Gasteiger partial charge in [-0.3, -0.25) is 10.1 Å². The smallest absolute Gasteiger partial charge is 0.259 e. The molecule has 0 aliphatic rings. The zero-order valence-corrected chi connectivity index (χ0v) is 10.0. The average Bonchev–Trinajstić information content (AvgIpc) is 2.81. The summed E-state index contributed by atoms with van der Waals surface area (Å²) in [6.45, 7) is 0. The number of nitrogens with two attached hydrogens (primary N) is 1. The topological polar surface area (TPSA) is 80.0 Å². The number of carbonyl (C=O) groups excluding carboxylic acids is 1. The van der Waals surface area contributed by atoms with E-state index < -0.39 is 0 Å². The molecule has 0 saturated carbocycles. The monoisotopic (exact) mass is 248 g/mol. The van der Waals surface area contributed by atoms with Crippen molar-refractivity contribution in [3.05, 3.63) is 35.3 Å². The second kappa shape index (κ2) is 4.84. The van der Waals surface area contributed by atoms with Crippen molar-refractivity contribution in [1.82, 2.24) is 4.98 Å². The van der Waals surface area contributed by atoms with Crippen LogP contribution in [0, 0.1) is 0 Å². The van der Waals surface area contributed by atoms with Gasteiger partial charge in [0.25, 0.3) is 5.91 Å². The maximum absolute atomic E-state index is 12.0. The first-order valence-electron chi connectivity index (χ1n) is 4.99. The second-order valence-electron chi connectivity index (χ2n) is 3.31. The number of nitrogens with one attached hydrogen (secondary N) is 2. The van der Waals surface area contributed by atoms with Gasteiger partial charge in [0.2, 0.25) is 0 Å². The molecule has 0 bridgehead atoms. The van der Waals surface area contributed by atoms with Crippen molar-refractivity contribution in [3.8, 4) is 0 Å². The first kappa shape index (κ1) is 11.4. The highest BCUT2D eigenvalue weighted by atomic mass is 32.1. The van der Waals surface area contributed by atoms with Gasteiger partial charge in [-0.25, -0.2) is 4.98 Å². The van der Waals surface area contributed by atoms with E-state index in [-0.39, 0.29) is 5.91 Å². The van der Waals surface area contributed by atoms with Crippen LogP contribution in [-0.4, -0.2) is 17.9 Å². The molecule has 1 amide bonds. The summed E-state index contributed by atoms with van der Waals surface area (Å²) in [7, 11) is 1.73. The van der Waals surface area contributed by atoms with Crippen molar-refractivity contribution in [1.29, 1.82) is 0 Å². The van der Waals surface area contributed by atoms with Crippen LogP contribution < -0.4 is 16.4 Å². The third-order valence-electron chi connectivity index (χ3n) is 2.24. The van der Waals surface area contributed by atoms with Crippen LogP contribution in [0.2, 0.25) is 0 Å². The highest BCUT2D eigenvalue weighted by molar-refractivity contribution is 7.13. The summed E-state index contributed by atoms with van der Waals surface area (Å²) in [5, 5.41) is 8.00. The number of hydrogen-bond acceptors (Lipinski definition) is 5. The van der Waals surface area contributed by atoms with Crippen LogP contribution in [0.4, 0.5) is 16.5 Å². The average molecular weight is 248 g/mol. The minimum atomic E-state index is -0.225. The Bertz CT molecular complexity index is 524. The molecule has 2 rings (SSSR count). The number of nitrogen functional groups attached to an aromatic ring is 1. The summed E-state index contributed by atoms with van der Waals surface area (Å²) >= 11 is 1.37. The minimum absolute atomic E-state index is 0.225. The zero-order valence-electron chi connectivity index (χ0n) is 9.23. The van der Waals surface area contributed by atoms with Crippen LogP contribution in [0.25, 0.3) is 0 Å². The first-order chi connectivity index (χ1) is 8.22. The molecular formula is C11H12N4OS. The minimum Gasteiger partial charge on any atom is -0.397 e. The van der Waals surface area contributed by atoms with E-state index in [0.29, 0.717) is 22.1 Å². The Labute approximate surface area is 103 Å². The number of carbonyl (C=O) groups is 1. The SMILES string of the molecule is CNc1c(N)cccc1C(=O)Nc1nccs1. The van der Waals surface area contributed by atoms with Gasteiger partial charge in [-0.2, -0.15) is 0 Å². The summed E-state index contributed by atoms with van der Waals surface area (Å²) in [4.78, 5) is 16.0. The molecule has 2 aromatic rings. The second-order valence-corrected chi connectivity index (χ2v) is 4.21. The molecule has 0 fully saturated rings. The Morgan fingerprint density at radius 2 is 2.29 bits per heavy atom. The number of nitrogens with zero attached hydrogens (tertiary/aromatic N) is 1. The third-order valence-corrected chi connectivity index (χ3v) is 2.93. The lowest BCUT2D eigenvalue weighted by Crippen LogP contribution is -2.14. The summed E-state index contributed by atoms with van der Waals surface area (Å²) in [6, 6.07) is 5.20. The van der Waals surface area contributed by atoms with Crippen molar-refractivity contribution in [3.63, 3.8) is 0 Å². The van der Waals surface area contributed by atoms with E-state index in [4.69, 9.17) is 5.73 Å². The fourth-order valence-corrected chi connectivity index (χ4v) is 2.01. The maximum atomic E-state index is 12.0. The van der Waals surface area contributed by atoms with E-state index in [9.17, 15) is 4.79 Å². The van der Waals surface area contributed by atoms with Crippen LogP contribution in [0.1, 0.15) is 10.4 Å². The van der Waals surface area contributed by atoms with Crippen molar-refractivity contribution < 1.29 is 4.79 Å². The lowest BCUT2D eigenvalue weighted by atomic mass is 10.1. The van der Waals surface area contributed by atoms with Gasteiger partial charge >= 0.3 is 0 Å². The zero-order chi connectivity index (χ0) is 12.3. The highest BCUT2D eigenvalue weighted by Gasteiger charge is 2.13. The number of hydrogen-bond donors (Lipinski definition) is 3. The molecular weight excluding hydrogens is 236 g/mol. The van der Waals surface area contributed by atoms with Crippen LogP contribution in [0.3, 0.4) is 0 Å². The van der Waals surface area contributed by atoms with E-state index in [1.54, 1.807) is 36.8 Å². The molecule has 0 spiro atoms. The van der Waals surface area contributed by atoms with Gasteiger partial charge < -0.3 is 11.1 Å². The molecule has 88 valence electrons. The molecule has 0 unspecified atom stereocenters. The molecule has 4 N–H and O–H groups in total. The molecule has 1 aromatic carbocycles. The molecule has 0 aliphatic carbocycles. The van der Waals surface area contributed by atoms with E-state index in [1.807, 2.05) is 0 Å². The fourth-order valence-electron chi connectivity index (χ4n) is 1.49. The number of aromatic nitrogens is 1. The quantitative estimate of drug-likeness (QED) is 0.726. The Kier molecular flexibility index (Phi) is 3.24. The predicted molar refractivity (Wildman–Crippen MR) is 70.5 cm³/mol. The summed E-state index contributed by atoms with van der Waals surface area (Å²) in [5.41, 5.74) is 7.46. The molecule has 6 heteroatoms. The Hall–Kier alpha value is -2.08. The Morgan fingerprint density at radius 1 is 1.47 bits per heavy atom. The normalized spacial score (nSPS) is 9.94. The summed E-state index contributed by atoms with van der Waals surface area (Å²) < 4.78 is 0. The molecule has 1 heterocycles. The number of amides is 1. The van der Waals surface area contributed by atoms with E-state index in [1.165, 1.54) is 11.3 Å². The lowest BCUT2D eigenvalue weighted by Gasteiger charge is -2.10. The number of rotatable bonds is 3. The van der Waals surface area contributed by atoms with Crippen LogP contribution in [0.15, 0.2) is 29.8 Å². The van der Waals surface area contributed by atoms with Crippen LogP contribution in [0.5, 0.6) is 0 Å². The molecule has 5 nitrogen and oxygen atoms in total. The largest absolute Gasteiger partial charge is 0.397 e. The third kappa shape index (κ3) is 2.36. The van der Waals surface area contributed by atoms with Crippen LogP contribution in [-0.2, 0) is 0 Å². The number of anilines is 3. The Morgan fingerprint density at radius 3 is 2.94 bits per heavy atom. The van der Waals surface area contributed by atoms with Gasteiger partial charge in [0.05, 0.1) is 16.9 Å². The summed E-state index contributed by atoms with van der Waals surface area (Å²) in [5.74, 6) is -0.225. The van der Waals surface area contributed by atoms with Gasteiger partial charge in [-0.05, 0) is 12.1 Å². The van der Waals surface area contributed by atoms with Crippen molar-refractivity contribution in [2.45, 2.75) is 0 Å². The van der Waals surface area contributed by atoms with Gasteiger partial charge in [-0.15, -0.1) is 11.3 Å². The van der Waals surface area contributed by atoms with E-state index in [2.05, 4.69) is 15.6 Å². The fraction of sp³-hybridized carbons (Fsp3) is 0.0909. The molecule has 0 saturated heterocycles. The van der Waals surface area contributed by atoms with E-state index in [0.717, 1.165) is 0 Å². The van der Waals surface area contributed by atoms with Crippen molar-refractivity contribution in [2.24, 2.45) is 0 Å². The molecule has 0 atom stereocenters. The molecule has 17 heavy (non-hydrogen) atoms. The first-order valence-corrected chi connectivity index (χ1v) is 5.87. The van der Waals surface area contributed by atoms with Gasteiger partial charge in [0.1, 0.15) is 0 Å². The lowest BCUT2D eigenvalue weighted by molar-refractivity contribution is 0.102. The number of para-hydroxylation sites is 1.